The summed E-state index contributed by atoms with van der Waals surface area (Å²) < 4.78 is 25.4. The summed E-state index contributed by atoms with van der Waals surface area (Å²) in [6, 6.07) is 13.6. The van der Waals surface area contributed by atoms with E-state index >= 15 is 0 Å². The lowest BCUT2D eigenvalue weighted by Gasteiger charge is -2.26. The average molecular weight is 423 g/mol. The Balaban J connectivity index is 1.72. The number of ketones is 1. The van der Waals surface area contributed by atoms with Crippen LogP contribution in [0.1, 0.15) is 33.6 Å². The van der Waals surface area contributed by atoms with Crippen molar-refractivity contribution in [1.82, 2.24) is 14.9 Å². The van der Waals surface area contributed by atoms with Crippen molar-refractivity contribution in [3.05, 3.63) is 77.2 Å². The van der Waals surface area contributed by atoms with Crippen molar-refractivity contribution in [2.75, 3.05) is 13.6 Å². The number of benzene rings is 1. The van der Waals surface area contributed by atoms with Crippen LogP contribution in [0.5, 0.6) is 0 Å². The lowest BCUT2D eigenvalue weighted by Crippen LogP contribution is -2.39. The number of nitrogens with zero attached hydrogens (tertiary/aromatic N) is 2. The highest BCUT2D eigenvalue weighted by atomic mass is 19.3. The minimum atomic E-state index is -2.61. The summed E-state index contributed by atoms with van der Waals surface area (Å²) >= 11 is 0. The third kappa shape index (κ3) is 4.40. The van der Waals surface area contributed by atoms with Crippen molar-refractivity contribution in [3.8, 4) is 11.3 Å². The molecule has 31 heavy (non-hydrogen) atoms. The lowest BCUT2D eigenvalue weighted by molar-refractivity contribution is -0.136. The summed E-state index contributed by atoms with van der Waals surface area (Å²) in [5.74, 6) is -1.20. The van der Waals surface area contributed by atoms with E-state index in [-0.39, 0.29) is 12.2 Å². The molecule has 0 bridgehead atoms. The smallest absolute Gasteiger partial charge is 0.255 e. The molecule has 3 aromatic rings. The largest absolute Gasteiger partial charge is 0.358 e. The van der Waals surface area contributed by atoms with Gasteiger partial charge in [0.1, 0.15) is 0 Å². The highest BCUT2D eigenvalue weighted by Crippen LogP contribution is 2.36. The number of aromatic amines is 1. The number of H-pyrrole nitrogens is 1. The molecule has 0 fully saturated rings. The molecule has 2 aromatic heterocycles. The van der Waals surface area contributed by atoms with Crippen LogP contribution in [0.2, 0.25) is 0 Å². The van der Waals surface area contributed by atoms with Crippen molar-refractivity contribution >= 4 is 11.7 Å². The van der Waals surface area contributed by atoms with Crippen molar-refractivity contribution in [2.45, 2.75) is 25.7 Å². The second-order valence-corrected chi connectivity index (χ2v) is 7.87. The Bertz CT molecular complexity index is 1080. The second kappa shape index (κ2) is 8.79. The first-order chi connectivity index (χ1) is 14.9. The number of Topliss-reactive ketones (excluding diaryl/α,β-unsaturated/α-hetero) is 1. The Morgan fingerprint density at radius 1 is 1.16 bits per heavy atom. The molecule has 160 valence electrons. The van der Waals surface area contributed by atoms with Gasteiger partial charge >= 0.3 is 0 Å². The molecule has 0 aliphatic heterocycles. The number of halogens is 2. The molecule has 0 spiro atoms. The fourth-order valence-corrected chi connectivity index (χ4v) is 4.26. The predicted molar refractivity (Wildman–Crippen MR) is 113 cm³/mol. The van der Waals surface area contributed by atoms with Crippen LogP contribution in [0.15, 0.2) is 54.9 Å². The van der Waals surface area contributed by atoms with E-state index in [4.69, 9.17) is 0 Å². The topological polar surface area (TPSA) is 66.1 Å². The van der Waals surface area contributed by atoms with Gasteiger partial charge in [-0.1, -0.05) is 30.3 Å². The van der Waals surface area contributed by atoms with Crippen LogP contribution in [-0.2, 0) is 17.6 Å². The maximum absolute atomic E-state index is 13.1. The minimum Gasteiger partial charge on any atom is -0.358 e. The van der Waals surface area contributed by atoms with Crippen LogP contribution in [0, 0.1) is 5.92 Å². The van der Waals surface area contributed by atoms with E-state index in [9.17, 15) is 18.4 Å². The van der Waals surface area contributed by atoms with Crippen molar-refractivity contribution in [1.29, 1.82) is 0 Å². The lowest BCUT2D eigenvalue weighted by atomic mass is 9.83. The fraction of sp³-hybridized carbons (Fsp3) is 0.292. The van der Waals surface area contributed by atoms with Gasteiger partial charge in [-0.2, -0.15) is 0 Å². The number of hydrogen-bond donors (Lipinski definition) is 1. The molecule has 7 heteroatoms. The van der Waals surface area contributed by atoms with Gasteiger partial charge in [0, 0.05) is 55.5 Å². The van der Waals surface area contributed by atoms with Crippen LogP contribution in [-0.4, -0.2) is 46.6 Å². The summed E-state index contributed by atoms with van der Waals surface area (Å²) in [7, 11) is 1.35. The number of hydrogen-bond acceptors (Lipinski definition) is 3. The van der Waals surface area contributed by atoms with Gasteiger partial charge in [-0.05, 0) is 23.3 Å². The van der Waals surface area contributed by atoms with E-state index in [2.05, 4.69) is 9.97 Å². The summed E-state index contributed by atoms with van der Waals surface area (Å²) in [6.45, 7) is -0.636. The van der Waals surface area contributed by atoms with E-state index in [1.54, 1.807) is 12.4 Å². The van der Waals surface area contributed by atoms with Crippen LogP contribution in [0.4, 0.5) is 8.78 Å². The molecule has 0 radical (unpaired) electrons. The van der Waals surface area contributed by atoms with Crippen molar-refractivity contribution < 1.29 is 18.4 Å². The summed E-state index contributed by atoms with van der Waals surface area (Å²) in [5, 5.41) is 0. The first-order valence-electron chi connectivity index (χ1n) is 10.2. The van der Waals surface area contributed by atoms with Crippen LogP contribution in [0.3, 0.4) is 0 Å². The average Bonchev–Trinajstić information content (AvgIpc) is 3.12. The number of rotatable bonds is 6. The number of alkyl halides is 2. The molecule has 0 saturated heterocycles. The van der Waals surface area contributed by atoms with Crippen LogP contribution >= 0.6 is 0 Å². The molecule has 1 aromatic carbocycles. The predicted octanol–water partition coefficient (Wildman–Crippen LogP) is 4.14. The van der Waals surface area contributed by atoms with Gasteiger partial charge in [-0.25, -0.2) is 8.78 Å². The van der Waals surface area contributed by atoms with E-state index in [1.807, 2.05) is 42.5 Å². The molecule has 1 aliphatic rings. The third-order valence-corrected chi connectivity index (χ3v) is 5.67. The standard InChI is InChI=1S/C24H23F2N3O2/c1-29(14-21(25)26)24(31)17-12-19-22(20(30)13-17)18(11-15-5-3-2-4-6-15)23(28-19)16-7-9-27-10-8-16/h2-10,17,21,28H,11-14H2,1H3. The zero-order chi connectivity index (χ0) is 22.0. The zero-order valence-corrected chi connectivity index (χ0v) is 17.1. The van der Waals surface area contributed by atoms with Gasteiger partial charge in [0.15, 0.2) is 5.78 Å². The van der Waals surface area contributed by atoms with E-state index in [0.717, 1.165) is 27.3 Å². The molecule has 1 aliphatic carbocycles. The van der Waals surface area contributed by atoms with E-state index < -0.39 is 24.8 Å². The molecule has 1 N–H and O–H groups in total. The van der Waals surface area contributed by atoms with Crippen LogP contribution in [0.25, 0.3) is 11.3 Å². The molecule has 1 atom stereocenters. The molecular weight excluding hydrogens is 400 g/mol. The second-order valence-electron chi connectivity index (χ2n) is 7.87. The van der Waals surface area contributed by atoms with Gasteiger partial charge in [-0.15, -0.1) is 0 Å². The van der Waals surface area contributed by atoms with Gasteiger partial charge in [0.25, 0.3) is 6.43 Å². The molecule has 2 heterocycles. The van der Waals surface area contributed by atoms with Gasteiger partial charge in [0.2, 0.25) is 5.91 Å². The quantitative estimate of drug-likeness (QED) is 0.648. The first kappa shape index (κ1) is 20.9. The number of pyridine rings is 1. The number of fused-ring (bicyclic) bond motifs is 1. The molecule has 0 saturated carbocycles. The molecular formula is C24H23F2N3O2. The normalized spacial score (nSPS) is 15.7. The zero-order valence-electron chi connectivity index (χ0n) is 17.1. The SMILES string of the molecule is CN(CC(F)F)C(=O)C1CC(=O)c2c([nH]c(-c3ccncc3)c2Cc2ccccc2)C1. The highest BCUT2D eigenvalue weighted by molar-refractivity contribution is 6.04. The van der Waals surface area contributed by atoms with E-state index in [0.29, 0.717) is 24.1 Å². The minimum absolute atomic E-state index is 0.0227. The maximum atomic E-state index is 13.1. The fourth-order valence-electron chi connectivity index (χ4n) is 4.26. The number of amides is 1. The molecule has 1 amide bonds. The summed E-state index contributed by atoms with van der Waals surface area (Å²) in [4.78, 5) is 34.3. The summed E-state index contributed by atoms with van der Waals surface area (Å²) in [6.07, 6.45) is 1.68. The molecule has 4 rings (SSSR count). The van der Waals surface area contributed by atoms with E-state index in [1.165, 1.54) is 7.05 Å². The van der Waals surface area contributed by atoms with Gasteiger partial charge in [-0.3, -0.25) is 14.6 Å². The summed E-state index contributed by atoms with van der Waals surface area (Å²) in [5.41, 5.74) is 5.01. The Kier molecular flexibility index (Phi) is 5.93. The van der Waals surface area contributed by atoms with Gasteiger partial charge in [0.05, 0.1) is 18.2 Å². The monoisotopic (exact) mass is 423 g/mol. The Morgan fingerprint density at radius 2 is 1.87 bits per heavy atom. The Labute approximate surface area is 179 Å². The Morgan fingerprint density at radius 3 is 2.55 bits per heavy atom. The van der Waals surface area contributed by atoms with Crippen LogP contribution < -0.4 is 0 Å². The number of nitrogens with one attached hydrogen (secondary N) is 1. The Hall–Kier alpha value is -3.35. The third-order valence-electron chi connectivity index (χ3n) is 5.67. The van der Waals surface area contributed by atoms with Crippen molar-refractivity contribution in [3.63, 3.8) is 0 Å². The molecule has 5 nitrogen and oxygen atoms in total. The number of carbonyl (C=O) groups excluding carboxylic acids is 2. The molecule has 1 unspecified atom stereocenters. The van der Waals surface area contributed by atoms with Crippen molar-refractivity contribution in [2.24, 2.45) is 5.92 Å². The van der Waals surface area contributed by atoms with Gasteiger partial charge < -0.3 is 9.88 Å². The number of carbonyl (C=O) groups is 2. The first-order valence-corrected chi connectivity index (χ1v) is 10.2. The maximum Gasteiger partial charge on any atom is 0.255 e. The highest BCUT2D eigenvalue weighted by Gasteiger charge is 2.36. The number of aromatic nitrogens is 2.